The van der Waals surface area contributed by atoms with Crippen molar-refractivity contribution < 1.29 is 9.90 Å². The smallest absolute Gasteiger partial charge is 0.317 e. The van der Waals surface area contributed by atoms with Crippen LogP contribution in [0.15, 0.2) is 12.1 Å². The van der Waals surface area contributed by atoms with E-state index in [9.17, 15) is 9.90 Å². The molecule has 0 spiro atoms. The number of urea groups is 1. The third-order valence-corrected chi connectivity index (χ3v) is 5.22. The maximum atomic E-state index is 12.1. The summed E-state index contributed by atoms with van der Waals surface area (Å²) in [5, 5.41) is 12.5. The lowest BCUT2D eigenvalue weighted by Crippen LogP contribution is -2.45. The Hall–Kier alpha value is -1.07. The first-order valence-corrected chi connectivity index (χ1v) is 8.20. The molecule has 0 aromatic carbocycles. The van der Waals surface area contributed by atoms with Gasteiger partial charge >= 0.3 is 6.03 Å². The largest absolute Gasteiger partial charge is 0.393 e. The van der Waals surface area contributed by atoms with E-state index in [0.717, 1.165) is 32.4 Å². The lowest BCUT2D eigenvalue weighted by Gasteiger charge is -2.33. The minimum Gasteiger partial charge on any atom is -0.393 e. The van der Waals surface area contributed by atoms with Crippen molar-refractivity contribution in [3.05, 3.63) is 21.9 Å². The topological polar surface area (TPSA) is 52.6 Å². The van der Waals surface area contributed by atoms with E-state index in [4.69, 9.17) is 0 Å². The summed E-state index contributed by atoms with van der Waals surface area (Å²) >= 11 is 1.76. The number of aliphatic hydroxyl groups excluding tert-OH is 1. The van der Waals surface area contributed by atoms with Gasteiger partial charge in [0.05, 0.1) is 12.6 Å². The van der Waals surface area contributed by atoms with Crippen LogP contribution < -0.4 is 5.32 Å². The van der Waals surface area contributed by atoms with Crippen molar-refractivity contribution in [1.82, 2.24) is 10.2 Å². The van der Waals surface area contributed by atoms with Gasteiger partial charge in [-0.25, -0.2) is 4.79 Å². The number of amides is 2. The first-order valence-electron chi connectivity index (χ1n) is 7.38. The fraction of sp³-hybridized carbons (Fsp3) is 0.667. The maximum absolute atomic E-state index is 12.1. The summed E-state index contributed by atoms with van der Waals surface area (Å²) in [5.74, 6) is 0.337. The molecule has 0 aliphatic carbocycles. The second-order valence-corrected chi connectivity index (χ2v) is 6.70. The third-order valence-electron chi connectivity index (χ3n) is 3.99. The Morgan fingerprint density at radius 2 is 2.10 bits per heavy atom. The SMILES string of the molecule is CCc1ccc(CNC(=O)N2CCC(C(C)O)CC2)s1. The Morgan fingerprint density at radius 3 is 2.65 bits per heavy atom. The molecule has 2 rings (SSSR count). The summed E-state index contributed by atoms with van der Waals surface area (Å²) in [6.07, 6.45) is 2.57. The molecule has 1 aliphatic rings. The van der Waals surface area contributed by atoms with Gasteiger partial charge in [0, 0.05) is 22.8 Å². The molecule has 4 nitrogen and oxygen atoms in total. The van der Waals surface area contributed by atoms with Crippen LogP contribution in [0.4, 0.5) is 4.79 Å². The van der Waals surface area contributed by atoms with Gasteiger partial charge in [-0.3, -0.25) is 0 Å². The molecule has 20 heavy (non-hydrogen) atoms. The van der Waals surface area contributed by atoms with Gasteiger partial charge in [-0.1, -0.05) is 6.92 Å². The predicted octanol–water partition coefficient (Wildman–Crippen LogP) is 2.61. The van der Waals surface area contributed by atoms with Crippen molar-refractivity contribution in [1.29, 1.82) is 0 Å². The standard InChI is InChI=1S/C15H24N2O2S/c1-3-13-4-5-14(20-13)10-16-15(19)17-8-6-12(7-9-17)11(2)18/h4-5,11-12,18H,3,6-10H2,1-2H3,(H,16,19). The van der Waals surface area contributed by atoms with E-state index in [2.05, 4.69) is 24.4 Å². The number of likely N-dealkylation sites (tertiary alicyclic amines) is 1. The Balaban J connectivity index is 1.75. The third kappa shape index (κ3) is 3.96. The molecule has 5 heteroatoms. The van der Waals surface area contributed by atoms with Gasteiger partial charge in [-0.15, -0.1) is 11.3 Å². The molecular formula is C15H24N2O2S. The van der Waals surface area contributed by atoms with Gasteiger partial charge < -0.3 is 15.3 Å². The minimum absolute atomic E-state index is 0.0143. The summed E-state index contributed by atoms with van der Waals surface area (Å²) in [5.41, 5.74) is 0. The van der Waals surface area contributed by atoms with Crippen molar-refractivity contribution in [2.75, 3.05) is 13.1 Å². The number of hydrogen-bond donors (Lipinski definition) is 2. The number of aryl methyl sites for hydroxylation is 1. The molecule has 1 fully saturated rings. The highest BCUT2D eigenvalue weighted by atomic mass is 32.1. The molecule has 0 bridgehead atoms. The first kappa shape index (κ1) is 15.3. The molecule has 1 aromatic rings. The van der Waals surface area contributed by atoms with Crippen LogP contribution >= 0.6 is 11.3 Å². The van der Waals surface area contributed by atoms with Gasteiger partial charge in [-0.05, 0) is 44.2 Å². The molecule has 0 saturated carbocycles. The van der Waals surface area contributed by atoms with Crippen molar-refractivity contribution in [2.24, 2.45) is 5.92 Å². The zero-order valence-corrected chi connectivity index (χ0v) is 13.1. The average Bonchev–Trinajstić information content (AvgIpc) is 2.93. The normalized spacial score (nSPS) is 18.1. The second kappa shape index (κ2) is 7.09. The van der Waals surface area contributed by atoms with E-state index in [-0.39, 0.29) is 12.1 Å². The number of rotatable bonds is 4. The van der Waals surface area contributed by atoms with Crippen LogP contribution in [0.1, 0.15) is 36.4 Å². The molecule has 2 heterocycles. The number of piperidine rings is 1. The number of carbonyl (C=O) groups is 1. The van der Waals surface area contributed by atoms with E-state index in [1.807, 2.05) is 11.8 Å². The minimum atomic E-state index is -0.265. The lowest BCUT2D eigenvalue weighted by atomic mass is 9.92. The number of thiophene rings is 1. The molecule has 1 saturated heterocycles. The van der Waals surface area contributed by atoms with Crippen LogP contribution in [0.5, 0.6) is 0 Å². The second-order valence-electron chi connectivity index (χ2n) is 5.45. The van der Waals surface area contributed by atoms with Crippen LogP contribution in [0.25, 0.3) is 0 Å². The molecule has 2 N–H and O–H groups in total. The Bertz CT molecular complexity index is 437. The first-order chi connectivity index (χ1) is 9.60. The number of aliphatic hydroxyl groups is 1. The van der Waals surface area contributed by atoms with Crippen LogP contribution in [0.3, 0.4) is 0 Å². The summed E-state index contributed by atoms with van der Waals surface area (Å²) in [6, 6.07) is 4.23. The molecule has 0 radical (unpaired) electrons. The number of nitrogens with zero attached hydrogens (tertiary/aromatic N) is 1. The molecule has 1 aliphatic heterocycles. The molecule has 2 amide bonds. The van der Waals surface area contributed by atoms with Crippen LogP contribution in [0.2, 0.25) is 0 Å². The zero-order valence-electron chi connectivity index (χ0n) is 12.3. The summed E-state index contributed by atoms with van der Waals surface area (Å²) in [7, 11) is 0. The molecule has 112 valence electrons. The number of nitrogens with one attached hydrogen (secondary N) is 1. The summed E-state index contributed by atoms with van der Waals surface area (Å²) in [6.45, 7) is 6.07. The van der Waals surface area contributed by atoms with E-state index < -0.39 is 0 Å². The van der Waals surface area contributed by atoms with Gasteiger partial charge in [0.2, 0.25) is 0 Å². The quantitative estimate of drug-likeness (QED) is 0.897. The monoisotopic (exact) mass is 296 g/mol. The Labute approximate surface area is 124 Å². The van der Waals surface area contributed by atoms with Crippen LogP contribution in [0, 0.1) is 5.92 Å². The molecule has 1 unspecified atom stereocenters. The highest BCUT2D eigenvalue weighted by molar-refractivity contribution is 7.11. The fourth-order valence-corrected chi connectivity index (χ4v) is 3.46. The van der Waals surface area contributed by atoms with E-state index >= 15 is 0 Å². The van der Waals surface area contributed by atoms with Gasteiger partial charge in [0.15, 0.2) is 0 Å². The van der Waals surface area contributed by atoms with E-state index in [0.29, 0.717) is 12.5 Å². The van der Waals surface area contributed by atoms with Crippen molar-refractivity contribution in [3.8, 4) is 0 Å². The van der Waals surface area contributed by atoms with E-state index in [1.54, 1.807) is 11.3 Å². The Kier molecular flexibility index (Phi) is 5.43. The maximum Gasteiger partial charge on any atom is 0.317 e. The lowest BCUT2D eigenvalue weighted by molar-refractivity contribution is 0.0798. The van der Waals surface area contributed by atoms with Crippen molar-refractivity contribution in [2.45, 2.75) is 45.8 Å². The highest BCUT2D eigenvalue weighted by Crippen LogP contribution is 2.21. The fourth-order valence-electron chi connectivity index (χ4n) is 2.57. The van der Waals surface area contributed by atoms with Gasteiger partial charge in [0.25, 0.3) is 0 Å². The van der Waals surface area contributed by atoms with Crippen molar-refractivity contribution >= 4 is 17.4 Å². The van der Waals surface area contributed by atoms with Gasteiger partial charge in [0.1, 0.15) is 0 Å². The number of hydrogen-bond acceptors (Lipinski definition) is 3. The van der Waals surface area contributed by atoms with Crippen LogP contribution in [-0.4, -0.2) is 35.2 Å². The Morgan fingerprint density at radius 1 is 1.45 bits per heavy atom. The molecule has 1 aromatic heterocycles. The van der Waals surface area contributed by atoms with Gasteiger partial charge in [-0.2, -0.15) is 0 Å². The zero-order chi connectivity index (χ0) is 14.5. The summed E-state index contributed by atoms with van der Waals surface area (Å²) < 4.78 is 0. The van der Waals surface area contributed by atoms with E-state index in [1.165, 1.54) is 9.75 Å². The summed E-state index contributed by atoms with van der Waals surface area (Å²) in [4.78, 5) is 16.5. The highest BCUT2D eigenvalue weighted by Gasteiger charge is 2.25. The van der Waals surface area contributed by atoms with Crippen LogP contribution in [-0.2, 0) is 13.0 Å². The number of carbonyl (C=O) groups excluding carboxylic acids is 1. The average molecular weight is 296 g/mol. The van der Waals surface area contributed by atoms with Crippen molar-refractivity contribution in [3.63, 3.8) is 0 Å². The molecule has 1 atom stereocenters. The molecular weight excluding hydrogens is 272 g/mol. The predicted molar refractivity (Wildman–Crippen MR) is 81.9 cm³/mol.